The van der Waals surface area contributed by atoms with E-state index in [9.17, 15) is 4.79 Å². The van der Waals surface area contributed by atoms with Gasteiger partial charge in [-0.15, -0.1) is 0 Å². The Labute approximate surface area is 140 Å². The molecule has 1 saturated heterocycles. The second kappa shape index (κ2) is 7.18. The van der Waals surface area contributed by atoms with Gasteiger partial charge in [0.25, 0.3) is 0 Å². The van der Waals surface area contributed by atoms with Crippen LogP contribution in [0.15, 0.2) is 11.4 Å². The van der Waals surface area contributed by atoms with Crippen LogP contribution < -0.4 is 5.73 Å². The monoisotopic (exact) mass is 331 g/mol. The average molecular weight is 331 g/mol. The van der Waals surface area contributed by atoms with Gasteiger partial charge in [-0.1, -0.05) is 24.6 Å². The Hall–Kier alpha value is -1.81. The Kier molecular flexibility index (Phi) is 5.01. The molecular weight excluding hydrogens is 310 g/mol. The first kappa shape index (κ1) is 16.1. The van der Waals surface area contributed by atoms with Crippen LogP contribution in [0.5, 0.6) is 0 Å². The molecule has 0 unspecified atom stereocenters. The summed E-state index contributed by atoms with van der Waals surface area (Å²) in [5, 5.41) is 9.28. The zero-order valence-corrected chi connectivity index (χ0v) is 13.9. The van der Waals surface area contributed by atoms with Gasteiger partial charge in [-0.2, -0.15) is 5.26 Å². The number of hydrogen-bond acceptors (Lipinski definition) is 6. The summed E-state index contributed by atoms with van der Waals surface area (Å²) >= 11 is 1.29. The van der Waals surface area contributed by atoms with Gasteiger partial charge in [0.15, 0.2) is 5.16 Å². The van der Waals surface area contributed by atoms with Crippen molar-refractivity contribution in [3.8, 4) is 6.07 Å². The van der Waals surface area contributed by atoms with Crippen LogP contribution in [0, 0.1) is 17.2 Å². The summed E-state index contributed by atoms with van der Waals surface area (Å²) < 4.78 is 0. The van der Waals surface area contributed by atoms with Crippen molar-refractivity contribution in [2.45, 2.75) is 49.7 Å². The maximum absolute atomic E-state index is 12.6. The van der Waals surface area contributed by atoms with E-state index in [0.29, 0.717) is 22.9 Å². The largest absolute Gasteiger partial charge is 0.382 e. The standard InChI is InChI=1S/C16H21N5OS/c17-8-12-9-19-16(20-15(12)18)23-10-14(22)21-7-3-5-11-4-1-2-6-13(11)21/h9,11,13H,1-7,10H2,(H2,18,19,20)/t11-,13+/m0/s1. The van der Waals surface area contributed by atoms with Crippen LogP contribution in [-0.2, 0) is 4.79 Å². The number of nitrogen functional groups attached to an aromatic ring is 1. The second-order valence-corrected chi connectivity index (χ2v) is 7.14. The second-order valence-electron chi connectivity index (χ2n) is 6.19. The third kappa shape index (κ3) is 3.58. The minimum absolute atomic E-state index is 0.165. The highest BCUT2D eigenvalue weighted by Gasteiger charge is 2.35. The highest BCUT2D eigenvalue weighted by molar-refractivity contribution is 7.99. The van der Waals surface area contributed by atoms with Crippen molar-refractivity contribution < 1.29 is 4.79 Å². The molecule has 2 N–H and O–H groups in total. The summed E-state index contributed by atoms with van der Waals surface area (Å²) in [5.74, 6) is 1.35. The van der Waals surface area contributed by atoms with E-state index in [1.807, 2.05) is 6.07 Å². The molecule has 2 atom stereocenters. The van der Waals surface area contributed by atoms with Gasteiger partial charge >= 0.3 is 0 Å². The Bertz CT molecular complexity index is 627. The molecule has 0 aromatic carbocycles. The summed E-state index contributed by atoms with van der Waals surface area (Å²) in [4.78, 5) is 22.8. The number of amides is 1. The Balaban J connectivity index is 1.60. The van der Waals surface area contributed by atoms with Crippen molar-refractivity contribution in [3.05, 3.63) is 11.8 Å². The summed E-state index contributed by atoms with van der Waals surface area (Å²) in [5.41, 5.74) is 5.95. The molecule has 6 nitrogen and oxygen atoms in total. The molecule has 122 valence electrons. The van der Waals surface area contributed by atoms with Crippen molar-refractivity contribution in [1.82, 2.24) is 14.9 Å². The van der Waals surface area contributed by atoms with Gasteiger partial charge in [-0.3, -0.25) is 4.79 Å². The predicted molar refractivity (Wildman–Crippen MR) is 88.6 cm³/mol. The molecule has 0 bridgehead atoms. The summed E-state index contributed by atoms with van der Waals surface area (Å²) in [7, 11) is 0. The van der Waals surface area contributed by atoms with Crippen molar-refractivity contribution in [2.24, 2.45) is 5.92 Å². The lowest BCUT2D eigenvalue weighted by atomic mass is 9.78. The molecule has 3 rings (SSSR count). The molecule has 23 heavy (non-hydrogen) atoms. The molecule has 2 aliphatic rings. The van der Waals surface area contributed by atoms with Gasteiger partial charge in [0.2, 0.25) is 5.91 Å². The number of rotatable bonds is 3. The first-order valence-corrected chi connectivity index (χ1v) is 9.12. The Morgan fingerprint density at radius 2 is 2.17 bits per heavy atom. The molecule has 1 aromatic rings. The van der Waals surface area contributed by atoms with Gasteiger partial charge < -0.3 is 10.6 Å². The smallest absolute Gasteiger partial charge is 0.233 e. The zero-order valence-electron chi connectivity index (χ0n) is 13.1. The maximum Gasteiger partial charge on any atom is 0.233 e. The van der Waals surface area contributed by atoms with Crippen LogP contribution in [-0.4, -0.2) is 39.1 Å². The minimum atomic E-state index is 0.165. The van der Waals surface area contributed by atoms with E-state index < -0.39 is 0 Å². The van der Waals surface area contributed by atoms with Gasteiger partial charge in [-0.05, 0) is 31.6 Å². The predicted octanol–water partition coefficient (Wildman–Crippen LogP) is 2.20. The summed E-state index contributed by atoms with van der Waals surface area (Å²) in [6, 6.07) is 2.36. The van der Waals surface area contributed by atoms with E-state index in [4.69, 9.17) is 11.0 Å². The van der Waals surface area contributed by atoms with Gasteiger partial charge in [0.05, 0.1) is 11.9 Å². The van der Waals surface area contributed by atoms with Crippen molar-refractivity contribution in [3.63, 3.8) is 0 Å². The lowest BCUT2D eigenvalue weighted by Crippen LogP contribution is -2.50. The Morgan fingerprint density at radius 3 is 2.96 bits per heavy atom. The number of piperidine rings is 1. The number of carbonyl (C=O) groups excluding carboxylic acids is 1. The molecule has 0 radical (unpaired) electrons. The lowest BCUT2D eigenvalue weighted by molar-refractivity contribution is -0.134. The molecule has 1 saturated carbocycles. The SMILES string of the molecule is N#Cc1cnc(SCC(=O)N2CCC[C@@H]3CCCC[C@H]32)nc1N. The summed E-state index contributed by atoms with van der Waals surface area (Å²) in [6.07, 6.45) is 8.71. The van der Waals surface area contributed by atoms with Gasteiger partial charge in [0.1, 0.15) is 17.5 Å². The van der Waals surface area contributed by atoms with E-state index >= 15 is 0 Å². The van der Waals surface area contributed by atoms with Crippen LogP contribution in [0.25, 0.3) is 0 Å². The highest BCUT2D eigenvalue weighted by Crippen LogP contribution is 2.35. The van der Waals surface area contributed by atoms with Crippen LogP contribution in [0.1, 0.15) is 44.1 Å². The molecule has 7 heteroatoms. The molecule has 2 fully saturated rings. The fourth-order valence-electron chi connectivity index (χ4n) is 3.68. The first-order valence-electron chi connectivity index (χ1n) is 8.14. The average Bonchev–Trinajstić information content (AvgIpc) is 2.59. The number of thioether (sulfide) groups is 1. The van der Waals surface area contributed by atoms with Crippen molar-refractivity contribution in [1.29, 1.82) is 5.26 Å². The number of nitrogens with zero attached hydrogens (tertiary/aromatic N) is 4. The molecular formula is C16H21N5OS. The van der Waals surface area contributed by atoms with E-state index in [0.717, 1.165) is 19.4 Å². The fraction of sp³-hybridized carbons (Fsp3) is 0.625. The Morgan fingerprint density at radius 1 is 1.39 bits per heavy atom. The van der Waals surface area contributed by atoms with Crippen molar-refractivity contribution >= 4 is 23.5 Å². The molecule has 1 aliphatic heterocycles. The van der Waals surface area contributed by atoms with Gasteiger partial charge in [0, 0.05) is 12.6 Å². The number of hydrogen-bond donors (Lipinski definition) is 1. The van der Waals surface area contributed by atoms with Crippen molar-refractivity contribution in [2.75, 3.05) is 18.0 Å². The number of carbonyl (C=O) groups is 1. The molecule has 2 heterocycles. The molecule has 1 aliphatic carbocycles. The third-order valence-electron chi connectivity index (χ3n) is 4.80. The lowest BCUT2D eigenvalue weighted by Gasteiger charge is -2.44. The van der Waals surface area contributed by atoms with E-state index in [-0.39, 0.29) is 17.3 Å². The first-order chi connectivity index (χ1) is 11.2. The maximum atomic E-state index is 12.6. The van der Waals surface area contributed by atoms with Gasteiger partial charge in [-0.25, -0.2) is 9.97 Å². The van der Waals surface area contributed by atoms with Crippen LogP contribution in [0.3, 0.4) is 0 Å². The minimum Gasteiger partial charge on any atom is -0.382 e. The third-order valence-corrected chi connectivity index (χ3v) is 5.65. The van der Waals surface area contributed by atoms with E-state index in [1.54, 1.807) is 0 Å². The molecule has 1 amide bonds. The molecule has 0 spiro atoms. The quantitative estimate of drug-likeness (QED) is 0.674. The zero-order chi connectivity index (χ0) is 16.2. The normalized spacial score (nSPS) is 23.9. The number of nitriles is 1. The van der Waals surface area contributed by atoms with Crippen LogP contribution >= 0.6 is 11.8 Å². The van der Waals surface area contributed by atoms with E-state index in [2.05, 4.69) is 14.9 Å². The highest BCUT2D eigenvalue weighted by atomic mass is 32.2. The van der Waals surface area contributed by atoms with Crippen LogP contribution in [0.4, 0.5) is 5.82 Å². The fourth-order valence-corrected chi connectivity index (χ4v) is 4.39. The summed E-state index contributed by atoms with van der Waals surface area (Å²) in [6.45, 7) is 0.872. The number of nitrogens with two attached hydrogens (primary N) is 1. The van der Waals surface area contributed by atoms with E-state index in [1.165, 1.54) is 43.6 Å². The number of likely N-dealkylation sites (tertiary alicyclic amines) is 1. The molecule has 1 aromatic heterocycles. The number of anilines is 1. The number of aromatic nitrogens is 2. The topological polar surface area (TPSA) is 95.9 Å². The number of fused-ring (bicyclic) bond motifs is 1. The van der Waals surface area contributed by atoms with Crippen LogP contribution in [0.2, 0.25) is 0 Å².